The van der Waals surface area contributed by atoms with Crippen molar-refractivity contribution in [3.05, 3.63) is 0 Å². The third-order valence-electron chi connectivity index (χ3n) is 5.18. The van der Waals surface area contributed by atoms with Crippen molar-refractivity contribution in [1.29, 1.82) is 0 Å². The van der Waals surface area contributed by atoms with Gasteiger partial charge in [0.05, 0.1) is 11.2 Å². The lowest BCUT2D eigenvalue weighted by molar-refractivity contribution is -0.137. The van der Waals surface area contributed by atoms with Crippen molar-refractivity contribution in [2.24, 2.45) is 5.41 Å². The molecule has 3 rings (SSSR count). The molecule has 114 valence electrons. The van der Waals surface area contributed by atoms with E-state index in [0.29, 0.717) is 19.0 Å². The van der Waals surface area contributed by atoms with E-state index in [1.54, 1.807) is 4.31 Å². The molecule has 20 heavy (non-hydrogen) atoms. The molecule has 0 aromatic heterocycles. The summed E-state index contributed by atoms with van der Waals surface area (Å²) in [6, 6.07) is 0.215. The van der Waals surface area contributed by atoms with Gasteiger partial charge in [-0.25, -0.2) is 8.42 Å². The molecule has 2 aliphatic carbocycles. The van der Waals surface area contributed by atoms with E-state index < -0.39 is 15.4 Å². The largest absolute Gasteiger partial charge is 0.353 e. The quantitative estimate of drug-likeness (QED) is 0.853. The van der Waals surface area contributed by atoms with Crippen molar-refractivity contribution < 1.29 is 13.2 Å². The molecule has 0 bridgehead atoms. The molecule has 3 aliphatic rings. The second-order valence-corrected chi connectivity index (χ2v) is 8.48. The molecule has 0 aromatic rings. The standard InChI is InChI=1S/C14H24N2O3S/c1-2-16-12-5-3-4-8-14(12,9-10-20(16,18)19)13(17)15-11-6-7-11/h11-12H,2-10H2,1H3,(H,15,17)/t12-,14-/m1/s1. The highest BCUT2D eigenvalue weighted by Gasteiger charge is 2.55. The Kier molecular flexibility index (Phi) is 3.57. The number of carbonyl (C=O) groups excluding carboxylic acids is 1. The van der Waals surface area contributed by atoms with Crippen molar-refractivity contribution in [3.8, 4) is 0 Å². The third-order valence-corrected chi connectivity index (χ3v) is 7.12. The monoisotopic (exact) mass is 300 g/mol. The zero-order valence-corrected chi connectivity index (χ0v) is 12.9. The molecule has 0 aromatic carbocycles. The number of nitrogens with zero attached hydrogens (tertiary/aromatic N) is 1. The highest BCUT2D eigenvalue weighted by molar-refractivity contribution is 7.89. The third kappa shape index (κ3) is 2.26. The maximum Gasteiger partial charge on any atom is 0.228 e. The van der Waals surface area contributed by atoms with Crippen molar-refractivity contribution in [2.75, 3.05) is 12.3 Å². The van der Waals surface area contributed by atoms with Gasteiger partial charge in [-0.2, -0.15) is 4.31 Å². The molecule has 1 saturated heterocycles. The first-order valence-electron chi connectivity index (χ1n) is 7.80. The molecule has 1 N–H and O–H groups in total. The van der Waals surface area contributed by atoms with Crippen LogP contribution in [0, 0.1) is 5.41 Å². The lowest BCUT2D eigenvalue weighted by atomic mass is 9.67. The number of hydrogen-bond acceptors (Lipinski definition) is 3. The Morgan fingerprint density at radius 1 is 1.25 bits per heavy atom. The van der Waals surface area contributed by atoms with E-state index >= 15 is 0 Å². The van der Waals surface area contributed by atoms with Crippen LogP contribution in [0.2, 0.25) is 0 Å². The summed E-state index contributed by atoms with van der Waals surface area (Å²) >= 11 is 0. The molecule has 3 fully saturated rings. The predicted molar refractivity (Wildman–Crippen MR) is 76.6 cm³/mol. The number of carbonyl (C=O) groups is 1. The van der Waals surface area contributed by atoms with E-state index in [9.17, 15) is 13.2 Å². The summed E-state index contributed by atoms with van der Waals surface area (Å²) in [5, 5.41) is 3.13. The molecule has 0 radical (unpaired) electrons. The fraction of sp³-hybridized carbons (Fsp3) is 0.929. The van der Waals surface area contributed by atoms with Crippen LogP contribution in [0.3, 0.4) is 0 Å². The van der Waals surface area contributed by atoms with Crippen LogP contribution in [0.5, 0.6) is 0 Å². The molecule has 5 nitrogen and oxygen atoms in total. The van der Waals surface area contributed by atoms with E-state index in [-0.39, 0.29) is 17.7 Å². The Morgan fingerprint density at radius 2 is 2.00 bits per heavy atom. The number of amides is 1. The van der Waals surface area contributed by atoms with Gasteiger partial charge in [0.1, 0.15) is 0 Å². The van der Waals surface area contributed by atoms with E-state index in [1.165, 1.54) is 0 Å². The first-order chi connectivity index (χ1) is 9.49. The summed E-state index contributed by atoms with van der Waals surface area (Å²) in [5.74, 6) is 0.230. The fourth-order valence-corrected chi connectivity index (χ4v) is 5.85. The maximum absolute atomic E-state index is 12.7. The fourth-order valence-electron chi connectivity index (χ4n) is 3.91. The van der Waals surface area contributed by atoms with Crippen molar-refractivity contribution in [1.82, 2.24) is 9.62 Å². The van der Waals surface area contributed by atoms with E-state index in [4.69, 9.17) is 0 Å². The Bertz CT molecular complexity index is 501. The van der Waals surface area contributed by atoms with Crippen LogP contribution >= 0.6 is 0 Å². The van der Waals surface area contributed by atoms with Crippen molar-refractivity contribution in [2.45, 2.75) is 64.0 Å². The van der Waals surface area contributed by atoms with Gasteiger partial charge in [-0.1, -0.05) is 19.8 Å². The lowest BCUT2D eigenvalue weighted by Gasteiger charge is -2.50. The van der Waals surface area contributed by atoms with Gasteiger partial charge in [-0.3, -0.25) is 4.79 Å². The molecule has 1 heterocycles. The van der Waals surface area contributed by atoms with Gasteiger partial charge in [0.15, 0.2) is 0 Å². The predicted octanol–water partition coefficient (Wildman–Crippen LogP) is 1.25. The molecular weight excluding hydrogens is 276 g/mol. The molecular formula is C14H24N2O3S. The van der Waals surface area contributed by atoms with E-state index in [2.05, 4.69) is 5.32 Å². The maximum atomic E-state index is 12.7. The zero-order chi connectivity index (χ0) is 14.4. The zero-order valence-electron chi connectivity index (χ0n) is 12.1. The van der Waals surface area contributed by atoms with Crippen molar-refractivity contribution in [3.63, 3.8) is 0 Å². The van der Waals surface area contributed by atoms with Crippen LogP contribution in [-0.4, -0.2) is 43.0 Å². The Morgan fingerprint density at radius 3 is 2.65 bits per heavy atom. The van der Waals surface area contributed by atoms with Gasteiger partial charge < -0.3 is 5.32 Å². The van der Waals surface area contributed by atoms with Crippen LogP contribution in [0.25, 0.3) is 0 Å². The number of fused-ring (bicyclic) bond motifs is 1. The number of hydrogen-bond donors (Lipinski definition) is 1. The minimum atomic E-state index is -3.18. The normalized spacial score (nSPS) is 37.1. The first-order valence-corrected chi connectivity index (χ1v) is 9.41. The van der Waals surface area contributed by atoms with Crippen molar-refractivity contribution >= 4 is 15.9 Å². The summed E-state index contributed by atoms with van der Waals surface area (Å²) in [6.07, 6.45) is 6.36. The van der Waals surface area contributed by atoms with Gasteiger partial charge in [0, 0.05) is 18.6 Å². The average Bonchev–Trinajstić information content (AvgIpc) is 3.22. The van der Waals surface area contributed by atoms with Gasteiger partial charge >= 0.3 is 0 Å². The number of rotatable bonds is 3. The minimum absolute atomic E-state index is 0.109. The topological polar surface area (TPSA) is 66.5 Å². The SMILES string of the molecule is CCN1[C@@H]2CCCC[C@@]2(C(=O)NC2CC2)CCS1(=O)=O. The molecule has 1 amide bonds. The smallest absolute Gasteiger partial charge is 0.228 e. The first kappa shape index (κ1) is 14.3. The molecule has 2 saturated carbocycles. The van der Waals surface area contributed by atoms with Crippen LogP contribution in [0.4, 0.5) is 0 Å². The highest BCUT2D eigenvalue weighted by Crippen LogP contribution is 2.47. The van der Waals surface area contributed by atoms with E-state index in [0.717, 1.165) is 38.5 Å². The summed E-state index contributed by atoms with van der Waals surface area (Å²) in [6.45, 7) is 2.35. The highest BCUT2D eigenvalue weighted by atomic mass is 32.2. The van der Waals surface area contributed by atoms with Gasteiger partial charge in [0.2, 0.25) is 15.9 Å². The Balaban J connectivity index is 1.91. The Hall–Kier alpha value is -0.620. The number of nitrogens with one attached hydrogen (secondary N) is 1. The summed E-state index contributed by atoms with van der Waals surface area (Å²) in [5.41, 5.74) is -0.470. The molecule has 2 atom stereocenters. The summed E-state index contributed by atoms with van der Waals surface area (Å²) in [7, 11) is -3.18. The van der Waals surface area contributed by atoms with E-state index in [1.807, 2.05) is 6.92 Å². The summed E-state index contributed by atoms with van der Waals surface area (Å²) in [4.78, 5) is 12.7. The van der Waals surface area contributed by atoms with Crippen LogP contribution in [0.1, 0.15) is 51.9 Å². The van der Waals surface area contributed by atoms with Crippen LogP contribution in [0.15, 0.2) is 0 Å². The number of sulfonamides is 1. The molecule has 0 spiro atoms. The average molecular weight is 300 g/mol. The van der Waals surface area contributed by atoms with Gasteiger partial charge in [-0.15, -0.1) is 0 Å². The molecule has 0 unspecified atom stereocenters. The molecule has 6 heteroatoms. The van der Waals surface area contributed by atoms with Crippen LogP contribution in [-0.2, 0) is 14.8 Å². The lowest BCUT2D eigenvalue weighted by Crippen LogP contribution is -2.62. The summed E-state index contributed by atoms with van der Waals surface area (Å²) < 4.78 is 26.1. The van der Waals surface area contributed by atoms with Crippen LogP contribution < -0.4 is 5.32 Å². The Labute approximate surface area is 121 Å². The minimum Gasteiger partial charge on any atom is -0.353 e. The van der Waals surface area contributed by atoms with Gasteiger partial charge in [0.25, 0.3) is 0 Å². The second-order valence-electron chi connectivity index (χ2n) is 6.43. The molecule has 1 aliphatic heterocycles. The van der Waals surface area contributed by atoms with Gasteiger partial charge in [-0.05, 0) is 32.1 Å². The second kappa shape index (κ2) is 4.98.